The number of unbranched alkanes of at least 4 members (excludes halogenated alkanes) is 26. The van der Waals surface area contributed by atoms with Gasteiger partial charge in [-0.25, -0.2) is 0 Å². The first-order valence-electron chi connectivity index (χ1n) is 34.3. The molecular formula is C77H126O6. The Balaban J connectivity index is 4.31. The Kier molecular flexibility index (Phi) is 65.8. The molecule has 0 bridgehead atoms. The third-order valence-corrected chi connectivity index (χ3v) is 14.3. The highest BCUT2D eigenvalue weighted by Gasteiger charge is 2.19. The highest BCUT2D eigenvalue weighted by molar-refractivity contribution is 5.71. The van der Waals surface area contributed by atoms with Crippen LogP contribution in [0.5, 0.6) is 0 Å². The first-order chi connectivity index (χ1) is 41.0. The minimum absolute atomic E-state index is 0.0986. The van der Waals surface area contributed by atoms with Crippen LogP contribution in [0.1, 0.15) is 303 Å². The molecule has 83 heavy (non-hydrogen) atoms. The summed E-state index contributed by atoms with van der Waals surface area (Å²) in [5.74, 6) is -0.942. The summed E-state index contributed by atoms with van der Waals surface area (Å²) in [6.07, 6.45) is 100. The molecule has 0 aromatic carbocycles. The van der Waals surface area contributed by atoms with Crippen LogP contribution in [0.15, 0.2) is 146 Å². The van der Waals surface area contributed by atoms with Crippen molar-refractivity contribution in [2.75, 3.05) is 13.2 Å². The Labute approximate surface area is 512 Å². The van der Waals surface area contributed by atoms with Gasteiger partial charge in [0.2, 0.25) is 0 Å². The molecule has 0 spiro atoms. The Morgan fingerprint density at radius 2 is 0.434 bits per heavy atom. The molecular weight excluding hydrogens is 1020 g/mol. The number of ether oxygens (including phenoxy) is 3. The molecule has 0 saturated heterocycles. The fourth-order valence-electron chi connectivity index (χ4n) is 9.30. The van der Waals surface area contributed by atoms with Gasteiger partial charge in [0.25, 0.3) is 0 Å². The molecule has 0 saturated carbocycles. The van der Waals surface area contributed by atoms with Crippen molar-refractivity contribution in [1.82, 2.24) is 0 Å². The van der Waals surface area contributed by atoms with Gasteiger partial charge in [0.15, 0.2) is 6.10 Å². The Morgan fingerprint density at radius 1 is 0.241 bits per heavy atom. The molecule has 0 heterocycles. The Bertz CT molecular complexity index is 1800. The number of carbonyl (C=O) groups is 3. The zero-order valence-electron chi connectivity index (χ0n) is 53.9. The van der Waals surface area contributed by atoms with E-state index in [4.69, 9.17) is 14.2 Å². The number of hydrogen-bond donors (Lipinski definition) is 0. The lowest BCUT2D eigenvalue weighted by molar-refractivity contribution is -0.167. The van der Waals surface area contributed by atoms with Crippen LogP contribution in [0.4, 0.5) is 0 Å². The van der Waals surface area contributed by atoms with Crippen LogP contribution in [0, 0.1) is 0 Å². The van der Waals surface area contributed by atoms with E-state index >= 15 is 0 Å². The van der Waals surface area contributed by atoms with E-state index in [1.54, 1.807) is 0 Å². The van der Waals surface area contributed by atoms with Gasteiger partial charge >= 0.3 is 17.9 Å². The van der Waals surface area contributed by atoms with E-state index in [1.807, 2.05) is 0 Å². The fourth-order valence-corrected chi connectivity index (χ4v) is 9.30. The molecule has 0 aliphatic rings. The third-order valence-electron chi connectivity index (χ3n) is 14.3. The second kappa shape index (κ2) is 69.8. The van der Waals surface area contributed by atoms with E-state index in [0.717, 1.165) is 161 Å². The van der Waals surface area contributed by atoms with Gasteiger partial charge in [-0.2, -0.15) is 0 Å². The molecule has 0 N–H and O–H groups in total. The van der Waals surface area contributed by atoms with Gasteiger partial charge < -0.3 is 14.2 Å². The number of allylic oxidation sites excluding steroid dienone is 24. The van der Waals surface area contributed by atoms with Crippen LogP contribution >= 0.6 is 0 Å². The lowest BCUT2D eigenvalue weighted by Gasteiger charge is -2.18. The van der Waals surface area contributed by atoms with E-state index in [1.165, 1.54) is 103 Å². The van der Waals surface area contributed by atoms with Gasteiger partial charge in [0.05, 0.1) is 0 Å². The average molecular weight is 1150 g/mol. The standard InChI is InChI=1S/C77H126O6/c1-4-7-10-13-16-19-22-25-28-31-32-33-34-35-36-37-38-39-40-41-42-43-44-47-49-52-55-58-61-64-67-70-76(79)82-73-74(83-77(80)71-68-65-62-59-56-53-50-46-30-27-24-21-18-15-12-9-6-3)72-81-75(78)69-66-63-60-57-54-51-48-45-29-26-23-20-17-14-11-8-5-2/h7-12,16-21,25-30,32-33,48,50-51,53,74H,4-6,13-15,22-24,31,34-47,49,52,54-73H2,1-3H3/b10-7-,11-8-,12-9-,19-16-,20-17-,21-18-,28-25-,29-26-,30-27-,33-32-,51-48-,53-50-. The fraction of sp³-hybridized carbons (Fsp3) is 0.649. The van der Waals surface area contributed by atoms with Crippen molar-refractivity contribution in [2.45, 2.75) is 309 Å². The van der Waals surface area contributed by atoms with Gasteiger partial charge in [-0.3, -0.25) is 14.4 Å². The van der Waals surface area contributed by atoms with Crippen LogP contribution in [0.3, 0.4) is 0 Å². The third kappa shape index (κ3) is 68.0. The van der Waals surface area contributed by atoms with Crippen molar-refractivity contribution in [1.29, 1.82) is 0 Å². The highest BCUT2D eigenvalue weighted by Crippen LogP contribution is 2.17. The van der Waals surface area contributed by atoms with Gasteiger partial charge in [0.1, 0.15) is 13.2 Å². The largest absolute Gasteiger partial charge is 0.462 e. The van der Waals surface area contributed by atoms with Gasteiger partial charge in [-0.1, -0.05) is 295 Å². The molecule has 6 heteroatoms. The lowest BCUT2D eigenvalue weighted by Crippen LogP contribution is -2.30. The van der Waals surface area contributed by atoms with Crippen molar-refractivity contribution < 1.29 is 28.6 Å². The average Bonchev–Trinajstić information content (AvgIpc) is 3.49. The van der Waals surface area contributed by atoms with Crippen LogP contribution in [0.25, 0.3) is 0 Å². The maximum absolute atomic E-state index is 12.9. The van der Waals surface area contributed by atoms with Crippen molar-refractivity contribution in [3.8, 4) is 0 Å². The number of esters is 3. The van der Waals surface area contributed by atoms with Crippen molar-refractivity contribution >= 4 is 17.9 Å². The molecule has 470 valence electrons. The van der Waals surface area contributed by atoms with Gasteiger partial charge in [-0.15, -0.1) is 0 Å². The number of hydrogen-bond acceptors (Lipinski definition) is 6. The molecule has 6 nitrogen and oxygen atoms in total. The Morgan fingerprint density at radius 3 is 0.675 bits per heavy atom. The highest BCUT2D eigenvalue weighted by atomic mass is 16.6. The molecule has 0 aromatic heterocycles. The van der Waals surface area contributed by atoms with Crippen LogP contribution < -0.4 is 0 Å². The molecule has 1 unspecified atom stereocenters. The van der Waals surface area contributed by atoms with E-state index in [2.05, 4.69) is 167 Å². The predicted molar refractivity (Wildman–Crippen MR) is 362 cm³/mol. The predicted octanol–water partition coefficient (Wildman–Crippen LogP) is 23.9. The lowest BCUT2D eigenvalue weighted by atomic mass is 10.0. The molecule has 0 fully saturated rings. The van der Waals surface area contributed by atoms with Crippen LogP contribution in [0.2, 0.25) is 0 Å². The minimum Gasteiger partial charge on any atom is -0.462 e. The van der Waals surface area contributed by atoms with E-state index in [0.29, 0.717) is 19.3 Å². The first-order valence-corrected chi connectivity index (χ1v) is 34.3. The molecule has 0 amide bonds. The molecule has 0 aliphatic carbocycles. The summed E-state index contributed by atoms with van der Waals surface area (Å²) >= 11 is 0. The molecule has 0 rings (SSSR count). The van der Waals surface area contributed by atoms with Crippen LogP contribution in [-0.4, -0.2) is 37.2 Å². The first kappa shape index (κ1) is 78.3. The molecule has 1 atom stereocenters. The summed E-state index contributed by atoms with van der Waals surface area (Å²) in [6.45, 7) is 6.28. The van der Waals surface area contributed by atoms with E-state index in [-0.39, 0.29) is 31.1 Å². The summed E-state index contributed by atoms with van der Waals surface area (Å²) < 4.78 is 16.9. The van der Waals surface area contributed by atoms with Gasteiger partial charge in [-0.05, 0) is 135 Å². The zero-order valence-corrected chi connectivity index (χ0v) is 53.9. The molecule has 0 aromatic rings. The molecule has 0 radical (unpaired) electrons. The zero-order chi connectivity index (χ0) is 59.9. The van der Waals surface area contributed by atoms with Crippen molar-refractivity contribution in [3.05, 3.63) is 146 Å². The monoisotopic (exact) mass is 1150 g/mol. The summed E-state index contributed by atoms with van der Waals surface area (Å²) in [6, 6.07) is 0. The summed E-state index contributed by atoms with van der Waals surface area (Å²) in [4.78, 5) is 38.4. The second-order valence-corrected chi connectivity index (χ2v) is 22.3. The maximum atomic E-state index is 12.9. The summed E-state index contributed by atoms with van der Waals surface area (Å²) in [5, 5.41) is 0. The van der Waals surface area contributed by atoms with E-state index < -0.39 is 6.10 Å². The summed E-state index contributed by atoms with van der Waals surface area (Å²) in [7, 11) is 0. The summed E-state index contributed by atoms with van der Waals surface area (Å²) in [5.41, 5.74) is 0. The van der Waals surface area contributed by atoms with Crippen molar-refractivity contribution in [3.63, 3.8) is 0 Å². The van der Waals surface area contributed by atoms with Gasteiger partial charge in [0, 0.05) is 19.3 Å². The van der Waals surface area contributed by atoms with E-state index in [9.17, 15) is 14.4 Å². The Hall–Kier alpha value is -4.71. The normalized spacial score (nSPS) is 13.0. The van der Waals surface area contributed by atoms with Crippen LogP contribution in [-0.2, 0) is 28.6 Å². The second-order valence-electron chi connectivity index (χ2n) is 22.3. The number of carbonyl (C=O) groups excluding carboxylic acids is 3. The smallest absolute Gasteiger partial charge is 0.306 e. The minimum atomic E-state index is -0.807. The molecule has 0 aliphatic heterocycles. The number of rotatable bonds is 61. The topological polar surface area (TPSA) is 78.9 Å². The van der Waals surface area contributed by atoms with Crippen molar-refractivity contribution in [2.24, 2.45) is 0 Å². The quantitative estimate of drug-likeness (QED) is 0.0261. The maximum Gasteiger partial charge on any atom is 0.306 e. The SMILES string of the molecule is CC/C=C\C/C=C\C/C=C\C/C=C\CCCCCCCCCCCCCCCCCCCCC(=O)OCC(COC(=O)CCCCCC/C=C\C/C=C\C/C=C\C/C=C\CC)OC(=O)CCCCCC/C=C\C/C=C\C/C=C\C/C=C\CC.